The minimum Gasteiger partial charge on any atom is -0.480 e. The second-order valence-electron chi connectivity index (χ2n) is 6.44. The lowest BCUT2D eigenvalue weighted by molar-refractivity contribution is -0.136. The highest BCUT2D eigenvalue weighted by molar-refractivity contribution is 8.00. The summed E-state index contributed by atoms with van der Waals surface area (Å²) in [5.74, 6) is -0.973. The molecule has 0 aliphatic carbocycles. The Morgan fingerprint density at radius 2 is 1.73 bits per heavy atom. The number of carboxylic acids is 1. The van der Waals surface area contributed by atoms with Gasteiger partial charge in [0.15, 0.2) is 0 Å². The van der Waals surface area contributed by atoms with Crippen LogP contribution in [0.1, 0.15) is 16.4 Å². The molecule has 4 rings (SSSR count). The van der Waals surface area contributed by atoms with Gasteiger partial charge in [0.25, 0.3) is 0 Å². The van der Waals surface area contributed by atoms with Gasteiger partial charge in [-0.05, 0) is 28.6 Å². The molecule has 1 unspecified atom stereocenters. The number of carbonyl (C=O) groups is 1. The molecular weight excluding hydrogens is 412 g/mol. The lowest BCUT2D eigenvalue weighted by atomic mass is 10.0. The molecule has 0 fully saturated rings. The summed E-state index contributed by atoms with van der Waals surface area (Å²) < 4.78 is 0. The van der Waals surface area contributed by atoms with Gasteiger partial charge >= 0.3 is 5.97 Å². The second-order valence-corrected chi connectivity index (χ2v) is 8.48. The van der Waals surface area contributed by atoms with Crippen LogP contribution < -0.4 is 0 Å². The van der Waals surface area contributed by atoms with Crippen molar-refractivity contribution in [2.45, 2.75) is 10.3 Å². The molecule has 4 nitrogen and oxygen atoms in total. The van der Waals surface area contributed by atoms with Crippen LogP contribution in [-0.2, 0) is 4.79 Å². The predicted molar refractivity (Wildman–Crippen MR) is 120 cm³/mol. The number of pyridine rings is 1. The monoisotopic (exact) mass is 428 g/mol. The summed E-state index contributed by atoms with van der Waals surface area (Å²) in [7, 11) is 0. The number of nitrogens with zero attached hydrogens (tertiary/aromatic N) is 2. The number of hydrogen-bond acceptors (Lipinski definition) is 5. The molecule has 0 aliphatic rings. The summed E-state index contributed by atoms with van der Waals surface area (Å²) in [6.45, 7) is 0. The number of thiophene rings is 1. The van der Waals surface area contributed by atoms with Crippen LogP contribution in [0.3, 0.4) is 0 Å². The van der Waals surface area contributed by atoms with Crippen LogP contribution in [0, 0.1) is 11.3 Å². The van der Waals surface area contributed by atoms with Crippen molar-refractivity contribution in [1.82, 2.24) is 4.98 Å². The van der Waals surface area contributed by atoms with Crippen molar-refractivity contribution < 1.29 is 9.90 Å². The minimum atomic E-state index is -0.973. The van der Waals surface area contributed by atoms with Crippen molar-refractivity contribution in [2.75, 3.05) is 0 Å². The SMILES string of the molecule is N#Cc1c(-c2ccccc2)cc(-c2cccs2)nc1SC(C(=O)O)c1ccccc1. The smallest absolute Gasteiger partial charge is 0.321 e. The van der Waals surface area contributed by atoms with E-state index in [-0.39, 0.29) is 0 Å². The summed E-state index contributed by atoms with van der Waals surface area (Å²) in [5.41, 5.74) is 3.40. The number of nitriles is 1. The zero-order valence-electron chi connectivity index (χ0n) is 15.7. The molecule has 6 heteroatoms. The molecule has 0 saturated carbocycles. The van der Waals surface area contributed by atoms with Crippen LogP contribution in [-0.4, -0.2) is 16.1 Å². The average Bonchev–Trinajstić information content (AvgIpc) is 3.33. The van der Waals surface area contributed by atoms with Gasteiger partial charge in [0.05, 0.1) is 16.1 Å². The largest absolute Gasteiger partial charge is 0.480 e. The highest BCUT2D eigenvalue weighted by Crippen LogP contribution is 2.41. The molecule has 0 radical (unpaired) electrons. The first-order valence-electron chi connectivity index (χ1n) is 9.16. The molecular formula is C24H16N2O2S2. The highest BCUT2D eigenvalue weighted by atomic mass is 32.2. The van der Waals surface area contributed by atoms with E-state index in [2.05, 4.69) is 6.07 Å². The molecule has 0 spiro atoms. The van der Waals surface area contributed by atoms with Crippen molar-refractivity contribution in [2.24, 2.45) is 0 Å². The fraction of sp³-hybridized carbons (Fsp3) is 0.0417. The zero-order chi connectivity index (χ0) is 20.9. The van der Waals surface area contributed by atoms with E-state index < -0.39 is 11.2 Å². The third-order valence-electron chi connectivity index (χ3n) is 4.51. The summed E-state index contributed by atoms with van der Waals surface area (Å²) in [4.78, 5) is 17.7. The van der Waals surface area contributed by atoms with E-state index in [1.165, 1.54) is 0 Å². The maximum absolute atomic E-state index is 12.0. The molecule has 0 amide bonds. The molecule has 4 aromatic rings. The van der Waals surface area contributed by atoms with Crippen LogP contribution >= 0.6 is 23.1 Å². The molecule has 30 heavy (non-hydrogen) atoms. The number of thioether (sulfide) groups is 1. The van der Waals surface area contributed by atoms with Gasteiger partial charge in [0.1, 0.15) is 16.3 Å². The number of hydrogen-bond donors (Lipinski definition) is 1. The number of aliphatic carboxylic acids is 1. The van der Waals surface area contributed by atoms with Gasteiger partial charge in [-0.15, -0.1) is 11.3 Å². The van der Waals surface area contributed by atoms with Crippen molar-refractivity contribution >= 4 is 29.1 Å². The topological polar surface area (TPSA) is 74.0 Å². The molecule has 0 saturated heterocycles. The normalized spacial score (nSPS) is 11.6. The first kappa shape index (κ1) is 19.9. The Kier molecular flexibility index (Phi) is 5.94. The lowest BCUT2D eigenvalue weighted by Gasteiger charge is -2.16. The first-order chi connectivity index (χ1) is 14.7. The molecule has 1 N–H and O–H groups in total. The quantitative estimate of drug-likeness (QED) is 0.367. The lowest BCUT2D eigenvalue weighted by Crippen LogP contribution is -2.09. The highest BCUT2D eigenvalue weighted by Gasteiger charge is 2.25. The van der Waals surface area contributed by atoms with Gasteiger partial charge in [-0.1, -0.05) is 78.5 Å². The van der Waals surface area contributed by atoms with Crippen LogP contribution in [0.4, 0.5) is 0 Å². The van der Waals surface area contributed by atoms with Crippen molar-refractivity contribution in [3.63, 3.8) is 0 Å². The van der Waals surface area contributed by atoms with Crippen LogP contribution in [0.25, 0.3) is 21.7 Å². The summed E-state index contributed by atoms with van der Waals surface area (Å²) in [5, 5.41) is 21.3. The van der Waals surface area contributed by atoms with Gasteiger partial charge in [-0.3, -0.25) is 4.79 Å². The Balaban J connectivity index is 1.89. The van der Waals surface area contributed by atoms with E-state index in [4.69, 9.17) is 4.98 Å². The van der Waals surface area contributed by atoms with Gasteiger partial charge in [-0.2, -0.15) is 5.26 Å². The molecule has 0 bridgehead atoms. The second kappa shape index (κ2) is 8.95. The van der Waals surface area contributed by atoms with Gasteiger partial charge < -0.3 is 5.11 Å². The maximum Gasteiger partial charge on any atom is 0.321 e. The van der Waals surface area contributed by atoms with E-state index in [0.717, 1.165) is 33.5 Å². The average molecular weight is 429 g/mol. The Labute approximate surface area is 182 Å². The first-order valence-corrected chi connectivity index (χ1v) is 10.9. The standard InChI is InChI=1S/C24H16N2O2S2/c25-15-19-18(16-8-3-1-4-9-16)14-20(21-12-7-13-29-21)26-23(19)30-22(24(27)28)17-10-5-2-6-11-17/h1-14,22H,(H,27,28). The van der Waals surface area contributed by atoms with Crippen LogP contribution in [0.5, 0.6) is 0 Å². The third kappa shape index (κ3) is 4.13. The predicted octanol–water partition coefficient (Wildman–Crippen LogP) is 6.27. The van der Waals surface area contributed by atoms with Gasteiger partial charge in [0, 0.05) is 5.56 Å². The van der Waals surface area contributed by atoms with E-state index in [1.54, 1.807) is 23.5 Å². The summed E-state index contributed by atoms with van der Waals surface area (Å²) in [6.07, 6.45) is 0. The molecule has 2 aromatic carbocycles. The third-order valence-corrected chi connectivity index (χ3v) is 6.63. The Hall–Kier alpha value is -3.40. The van der Waals surface area contributed by atoms with Crippen LogP contribution in [0.15, 0.2) is 89.3 Å². The van der Waals surface area contributed by atoms with E-state index in [0.29, 0.717) is 16.2 Å². The van der Waals surface area contributed by atoms with Gasteiger partial charge in [-0.25, -0.2) is 4.98 Å². The number of benzene rings is 2. The van der Waals surface area contributed by atoms with E-state index in [1.807, 2.05) is 72.1 Å². The number of rotatable bonds is 6. The Morgan fingerprint density at radius 1 is 1.03 bits per heavy atom. The van der Waals surface area contributed by atoms with E-state index in [9.17, 15) is 15.2 Å². The molecule has 1 atom stereocenters. The van der Waals surface area contributed by atoms with Crippen molar-refractivity contribution in [3.05, 3.63) is 95.4 Å². The van der Waals surface area contributed by atoms with Crippen LogP contribution in [0.2, 0.25) is 0 Å². The maximum atomic E-state index is 12.0. The Bertz CT molecular complexity index is 1200. The molecule has 0 aliphatic heterocycles. The molecule has 2 aromatic heterocycles. The Morgan fingerprint density at radius 3 is 2.33 bits per heavy atom. The fourth-order valence-electron chi connectivity index (χ4n) is 3.11. The summed E-state index contributed by atoms with van der Waals surface area (Å²) >= 11 is 2.65. The summed E-state index contributed by atoms with van der Waals surface area (Å²) in [6, 6.07) is 26.7. The van der Waals surface area contributed by atoms with Crippen molar-refractivity contribution in [3.8, 4) is 27.8 Å². The number of aromatic nitrogens is 1. The van der Waals surface area contributed by atoms with Crippen molar-refractivity contribution in [1.29, 1.82) is 5.26 Å². The molecule has 146 valence electrons. The van der Waals surface area contributed by atoms with E-state index >= 15 is 0 Å². The number of carboxylic acid groups (broad SMARTS) is 1. The zero-order valence-corrected chi connectivity index (χ0v) is 17.4. The molecule has 2 heterocycles. The fourth-order valence-corrected chi connectivity index (χ4v) is 4.84. The minimum absolute atomic E-state index is 0.383. The van der Waals surface area contributed by atoms with Gasteiger partial charge in [0.2, 0.25) is 0 Å².